The zero-order valence-corrected chi connectivity index (χ0v) is 14.2. The average molecular weight is 310 g/mol. The monoisotopic (exact) mass is 310 g/mol. The van der Waals surface area contributed by atoms with Crippen LogP contribution in [0, 0.1) is 0 Å². The molecule has 0 aliphatic heterocycles. The topological polar surface area (TPSA) is 63.4 Å². The van der Waals surface area contributed by atoms with E-state index in [9.17, 15) is 9.00 Å². The molecule has 118 valence electrons. The van der Waals surface area contributed by atoms with Crippen molar-refractivity contribution < 1.29 is 9.00 Å². The lowest BCUT2D eigenvalue weighted by molar-refractivity contribution is -0.127. The smallest absolute Gasteiger partial charge is 0.235 e. The molecule has 1 aromatic rings. The highest BCUT2D eigenvalue weighted by Gasteiger charge is 2.16. The Morgan fingerprint density at radius 1 is 1.24 bits per heavy atom. The van der Waals surface area contributed by atoms with Gasteiger partial charge in [-0.25, -0.2) is 0 Å². The molecule has 0 aromatic heterocycles. The van der Waals surface area contributed by atoms with Gasteiger partial charge in [0.15, 0.2) is 0 Å². The van der Waals surface area contributed by atoms with Gasteiger partial charge in [0.05, 0.1) is 10.8 Å². The first-order valence-electron chi connectivity index (χ1n) is 7.18. The van der Waals surface area contributed by atoms with Crippen LogP contribution >= 0.6 is 0 Å². The Labute approximate surface area is 130 Å². The Balaban J connectivity index is 2.65. The Morgan fingerprint density at radius 2 is 1.81 bits per heavy atom. The van der Waals surface area contributed by atoms with E-state index >= 15 is 0 Å². The lowest BCUT2D eigenvalue weighted by Gasteiger charge is -2.19. The van der Waals surface area contributed by atoms with E-state index in [2.05, 4.69) is 20.8 Å². The summed E-state index contributed by atoms with van der Waals surface area (Å²) in [6.45, 7) is 7.56. The summed E-state index contributed by atoms with van der Waals surface area (Å²) in [7, 11) is 0.423. The second kappa shape index (κ2) is 7.71. The minimum absolute atomic E-state index is 0.0237. The number of benzene rings is 1. The molecule has 0 saturated heterocycles. The van der Waals surface area contributed by atoms with E-state index in [4.69, 9.17) is 5.73 Å². The largest absolute Gasteiger partial charge is 0.345 e. The third kappa shape index (κ3) is 5.59. The van der Waals surface area contributed by atoms with Gasteiger partial charge in [-0.05, 0) is 36.1 Å². The van der Waals surface area contributed by atoms with Gasteiger partial charge in [0.2, 0.25) is 5.91 Å². The fourth-order valence-electron chi connectivity index (χ4n) is 1.87. The molecule has 1 aromatic carbocycles. The van der Waals surface area contributed by atoms with Crippen LogP contribution in [0.5, 0.6) is 0 Å². The van der Waals surface area contributed by atoms with E-state index in [1.807, 2.05) is 24.3 Å². The number of nitrogens with two attached hydrogens (primary N) is 1. The molecule has 1 atom stereocenters. The van der Waals surface area contributed by atoms with Crippen LogP contribution in [0.2, 0.25) is 0 Å². The Hall–Kier alpha value is -1.20. The highest BCUT2D eigenvalue weighted by atomic mass is 32.2. The summed E-state index contributed by atoms with van der Waals surface area (Å²) in [5.41, 5.74) is 6.68. The summed E-state index contributed by atoms with van der Waals surface area (Å²) in [6.07, 6.45) is 0.759. The van der Waals surface area contributed by atoms with Crippen LogP contribution in [0.3, 0.4) is 0 Å². The summed E-state index contributed by atoms with van der Waals surface area (Å²) in [5.74, 6) is -0.0858. The first-order valence-corrected chi connectivity index (χ1v) is 8.50. The highest BCUT2D eigenvalue weighted by Crippen LogP contribution is 2.23. The molecular formula is C16H26N2O2S. The molecule has 4 nitrogen and oxygen atoms in total. The quantitative estimate of drug-likeness (QED) is 0.873. The highest BCUT2D eigenvalue weighted by molar-refractivity contribution is 7.85. The molecule has 0 aliphatic carbocycles. The van der Waals surface area contributed by atoms with Crippen LogP contribution in [0.15, 0.2) is 29.2 Å². The average Bonchev–Trinajstić information content (AvgIpc) is 2.43. The standard InChI is InChI=1S/C16H26N2O2S/c1-16(2,3)13-6-8-14(9-7-13)21(20)12-15(19)18(4)11-5-10-17/h6-9H,5,10-12,17H2,1-4H3. The molecule has 1 rings (SSSR count). The van der Waals surface area contributed by atoms with Gasteiger partial charge in [0.25, 0.3) is 0 Å². The van der Waals surface area contributed by atoms with Crippen molar-refractivity contribution in [1.82, 2.24) is 4.90 Å². The number of rotatable bonds is 6. The van der Waals surface area contributed by atoms with Crippen molar-refractivity contribution in [2.24, 2.45) is 5.73 Å². The molecule has 0 spiro atoms. The normalized spacial score (nSPS) is 13.0. The second-order valence-corrected chi connectivity index (χ2v) is 7.67. The van der Waals surface area contributed by atoms with E-state index in [-0.39, 0.29) is 17.1 Å². The maximum absolute atomic E-state index is 12.2. The van der Waals surface area contributed by atoms with Gasteiger partial charge in [-0.3, -0.25) is 9.00 Å². The Bertz CT molecular complexity index is 492. The van der Waals surface area contributed by atoms with Gasteiger partial charge in [-0.2, -0.15) is 0 Å². The van der Waals surface area contributed by atoms with Crippen LogP contribution in [0.4, 0.5) is 0 Å². The second-order valence-electron chi connectivity index (χ2n) is 6.22. The Morgan fingerprint density at radius 3 is 2.29 bits per heavy atom. The molecule has 0 saturated carbocycles. The summed E-state index contributed by atoms with van der Waals surface area (Å²) >= 11 is 0. The number of amides is 1. The molecule has 2 N–H and O–H groups in total. The van der Waals surface area contributed by atoms with E-state index in [1.165, 1.54) is 5.56 Å². The maximum Gasteiger partial charge on any atom is 0.235 e. The minimum Gasteiger partial charge on any atom is -0.345 e. The van der Waals surface area contributed by atoms with Crippen molar-refractivity contribution in [3.63, 3.8) is 0 Å². The van der Waals surface area contributed by atoms with Gasteiger partial charge in [0.1, 0.15) is 5.75 Å². The third-order valence-electron chi connectivity index (χ3n) is 3.36. The van der Waals surface area contributed by atoms with E-state index in [0.29, 0.717) is 18.0 Å². The summed E-state index contributed by atoms with van der Waals surface area (Å²) in [6, 6.07) is 7.67. The lowest BCUT2D eigenvalue weighted by Crippen LogP contribution is -2.32. The molecule has 21 heavy (non-hydrogen) atoms. The summed E-state index contributed by atoms with van der Waals surface area (Å²) < 4.78 is 12.2. The van der Waals surface area contributed by atoms with Crippen molar-refractivity contribution in [2.75, 3.05) is 25.9 Å². The van der Waals surface area contributed by atoms with Crippen LogP contribution < -0.4 is 5.73 Å². The number of nitrogens with zero attached hydrogens (tertiary/aromatic N) is 1. The predicted molar refractivity (Wildman–Crippen MR) is 87.7 cm³/mol. The molecule has 0 fully saturated rings. The summed E-state index contributed by atoms with van der Waals surface area (Å²) in [5, 5.41) is 0. The number of carbonyl (C=O) groups excluding carboxylic acids is 1. The number of hydrogen-bond acceptors (Lipinski definition) is 3. The van der Waals surface area contributed by atoms with Gasteiger partial charge in [-0.1, -0.05) is 32.9 Å². The zero-order chi connectivity index (χ0) is 16.0. The first kappa shape index (κ1) is 17.9. The predicted octanol–water partition coefficient (Wildman–Crippen LogP) is 1.90. The van der Waals surface area contributed by atoms with Gasteiger partial charge >= 0.3 is 0 Å². The summed E-state index contributed by atoms with van der Waals surface area (Å²) in [4.78, 5) is 14.2. The van der Waals surface area contributed by atoms with Crippen LogP contribution in [0.25, 0.3) is 0 Å². The van der Waals surface area contributed by atoms with E-state index in [0.717, 1.165) is 6.42 Å². The van der Waals surface area contributed by atoms with Crippen LogP contribution in [0.1, 0.15) is 32.8 Å². The zero-order valence-electron chi connectivity index (χ0n) is 13.4. The SMILES string of the molecule is CN(CCCN)C(=O)CS(=O)c1ccc(C(C)(C)C)cc1. The molecule has 0 bridgehead atoms. The maximum atomic E-state index is 12.2. The van der Waals surface area contributed by atoms with Gasteiger partial charge < -0.3 is 10.6 Å². The van der Waals surface area contributed by atoms with Gasteiger partial charge in [0, 0.05) is 18.5 Å². The van der Waals surface area contributed by atoms with Crippen molar-refractivity contribution in [3.8, 4) is 0 Å². The lowest BCUT2D eigenvalue weighted by atomic mass is 9.87. The van der Waals surface area contributed by atoms with E-state index in [1.54, 1.807) is 11.9 Å². The molecule has 0 heterocycles. The molecule has 0 aliphatic rings. The van der Waals surface area contributed by atoms with Crippen LogP contribution in [-0.4, -0.2) is 40.9 Å². The Kier molecular flexibility index (Phi) is 6.55. The molecule has 0 radical (unpaired) electrons. The fraction of sp³-hybridized carbons (Fsp3) is 0.562. The van der Waals surface area contributed by atoms with Crippen molar-refractivity contribution >= 4 is 16.7 Å². The molecular weight excluding hydrogens is 284 g/mol. The fourth-order valence-corrected chi connectivity index (χ4v) is 2.92. The number of carbonyl (C=O) groups is 1. The molecule has 5 heteroatoms. The van der Waals surface area contributed by atoms with Crippen LogP contribution in [-0.2, 0) is 21.0 Å². The third-order valence-corrected chi connectivity index (χ3v) is 4.67. The minimum atomic E-state index is -1.30. The van der Waals surface area contributed by atoms with E-state index < -0.39 is 10.8 Å². The van der Waals surface area contributed by atoms with Crippen molar-refractivity contribution in [1.29, 1.82) is 0 Å². The van der Waals surface area contributed by atoms with Crippen molar-refractivity contribution in [3.05, 3.63) is 29.8 Å². The van der Waals surface area contributed by atoms with Crippen molar-refractivity contribution in [2.45, 2.75) is 37.5 Å². The molecule has 1 unspecified atom stereocenters. The number of hydrogen-bond donors (Lipinski definition) is 1. The first-order chi connectivity index (χ1) is 9.75. The van der Waals surface area contributed by atoms with Gasteiger partial charge in [-0.15, -0.1) is 0 Å². The molecule has 1 amide bonds.